The van der Waals surface area contributed by atoms with Gasteiger partial charge in [-0.1, -0.05) is 48.5 Å². The molecule has 6 nitrogen and oxygen atoms in total. The average molecular weight is 394 g/mol. The Balaban J connectivity index is 1.40. The van der Waals surface area contributed by atoms with Crippen molar-refractivity contribution < 1.29 is 4.79 Å². The van der Waals surface area contributed by atoms with Crippen molar-refractivity contribution in [2.24, 2.45) is 4.99 Å². The summed E-state index contributed by atoms with van der Waals surface area (Å²) in [6, 6.07) is 20.7. The van der Waals surface area contributed by atoms with E-state index in [1.807, 2.05) is 36.2 Å². The number of para-hydroxylation sites is 1. The third kappa shape index (κ3) is 5.98. The van der Waals surface area contributed by atoms with Gasteiger partial charge in [0.1, 0.15) is 0 Å². The van der Waals surface area contributed by atoms with Crippen molar-refractivity contribution >= 4 is 17.6 Å². The van der Waals surface area contributed by atoms with E-state index in [-0.39, 0.29) is 5.91 Å². The Morgan fingerprint density at radius 2 is 1.62 bits per heavy atom. The SMILES string of the molecule is CN=C(NCCC(=O)N1CCN(c2ccccc2)CC1)N(C)Cc1ccccc1. The van der Waals surface area contributed by atoms with E-state index in [2.05, 4.69) is 56.5 Å². The maximum atomic E-state index is 12.6. The minimum atomic E-state index is 0.200. The number of carbonyl (C=O) groups is 1. The molecule has 2 aromatic rings. The number of aliphatic imine (C=N–C) groups is 1. The monoisotopic (exact) mass is 393 g/mol. The highest BCUT2D eigenvalue weighted by Gasteiger charge is 2.21. The predicted octanol–water partition coefficient (Wildman–Crippen LogP) is 2.43. The number of guanidine groups is 1. The number of benzene rings is 2. The van der Waals surface area contributed by atoms with Crippen LogP contribution in [0.15, 0.2) is 65.7 Å². The first-order valence-corrected chi connectivity index (χ1v) is 10.2. The van der Waals surface area contributed by atoms with Crippen molar-refractivity contribution in [3.8, 4) is 0 Å². The molecule has 1 fully saturated rings. The number of hydrogen-bond donors (Lipinski definition) is 1. The number of hydrogen-bond acceptors (Lipinski definition) is 3. The van der Waals surface area contributed by atoms with Crippen LogP contribution in [0.2, 0.25) is 0 Å². The van der Waals surface area contributed by atoms with Crippen LogP contribution in [-0.2, 0) is 11.3 Å². The van der Waals surface area contributed by atoms with Crippen LogP contribution in [0, 0.1) is 0 Å². The summed E-state index contributed by atoms with van der Waals surface area (Å²) in [4.78, 5) is 23.3. The lowest BCUT2D eigenvalue weighted by Gasteiger charge is -2.36. The quantitative estimate of drug-likeness (QED) is 0.605. The number of carbonyl (C=O) groups excluding carboxylic acids is 1. The normalized spacial score (nSPS) is 14.6. The largest absolute Gasteiger partial charge is 0.368 e. The Morgan fingerprint density at radius 1 is 1.00 bits per heavy atom. The Labute approximate surface area is 173 Å². The summed E-state index contributed by atoms with van der Waals surface area (Å²) in [7, 11) is 3.78. The van der Waals surface area contributed by atoms with Crippen LogP contribution in [-0.4, -0.2) is 68.5 Å². The summed E-state index contributed by atoms with van der Waals surface area (Å²) >= 11 is 0. The van der Waals surface area contributed by atoms with Gasteiger partial charge in [0, 0.05) is 65.5 Å². The molecule has 0 atom stereocenters. The van der Waals surface area contributed by atoms with Gasteiger partial charge in [0.15, 0.2) is 5.96 Å². The molecule has 1 aliphatic heterocycles. The van der Waals surface area contributed by atoms with Crippen LogP contribution < -0.4 is 10.2 Å². The van der Waals surface area contributed by atoms with Crippen molar-refractivity contribution in [3.63, 3.8) is 0 Å². The summed E-state index contributed by atoms with van der Waals surface area (Å²) in [5.41, 5.74) is 2.46. The van der Waals surface area contributed by atoms with Crippen molar-refractivity contribution in [2.45, 2.75) is 13.0 Å². The zero-order chi connectivity index (χ0) is 20.5. The molecule has 3 rings (SSSR count). The van der Waals surface area contributed by atoms with E-state index in [1.54, 1.807) is 7.05 Å². The molecule has 29 heavy (non-hydrogen) atoms. The molecule has 0 saturated carbocycles. The number of piperazine rings is 1. The van der Waals surface area contributed by atoms with Gasteiger partial charge in [-0.15, -0.1) is 0 Å². The van der Waals surface area contributed by atoms with E-state index in [0.717, 1.165) is 38.7 Å². The van der Waals surface area contributed by atoms with Crippen LogP contribution in [0.3, 0.4) is 0 Å². The maximum Gasteiger partial charge on any atom is 0.224 e. The number of rotatable bonds is 6. The topological polar surface area (TPSA) is 51.2 Å². The van der Waals surface area contributed by atoms with Gasteiger partial charge in [-0.05, 0) is 17.7 Å². The fourth-order valence-electron chi connectivity index (χ4n) is 3.61. The molecule has 0 spiro atoms. The second kappa shape index (κ2) is 10.5. The lowest BCUT2D eigenvalue weighted by molar-refractivity contribution is -0.131. The average Bonchev–Trinajstić information content (AvgIpc) is 2.78. The van der Waals surface area contributed by atoms with Gasteiger partial charge in [-0.25, -0.2) is 0 Å². The van der Waals surface area contributed by atoms with E-state index >= 15 is 0 Å². The molecule has 1 saturated heterocycles. The van der Waals surface area contributed by atoms with Gasteiger partial charge in [-0.2, -0.15) is 0 Å². The Bertz CT molecular complexity index is 785. The van der Waals surface area contributed by atoms with Crippen LogP contribution in [0.4, 0.5) is 5.69 Å². The van der Waals surface area contributed by atoms with E-state index < -0.39 is 0 Å². The van der Waals surface area contributed by atoms with E-state index in [1.165, 1.54) is 11.3 Å². The third-order valence-electron chi connectivity index (χ3n) is 5.21. The van der Waals surface area contributed by atoms with Crippen LogP contribution in [0.1, 0.15) is 12.0 Å². The lowest BCUT2D eigenvalue weighted by atomic mass is 10.2. The number of amides is 1. The first-order valence-electron chi connectivity index (χ1n) is 10.2. The van der Waals surface area contributed by atoms with Crippen molar-refractivity contribution in [2.75, 3.05) is 51.7 Å². The highest BCUT2D eigenvalue weighted by atomic mass is 16.2. The Morgan fingerprint density at radius 3 is 2.24 bits per heavy atom. The molecule has 0 aromatic heterocycles. The first kappa shape index (κ1) is 20.7. The highest BCUT2D eigenvalue weighted by molar-refractivity contribution is 5.81. The molecule has 6 heteroatoms. The Hall–Kier alpha value is -3.02. The molecule has 0 radical (unpaired) electrons. The molecular weight excluding hydrogens is 362 g/mol. The molecular formula is C23H31N5O. The second-order valence-electron chi connectivity index (χ2n) is 7.27. The van der Waals surface area contributed by atoms with Crippen molar-refractivity contribution in [1.29, 1.82) is 0 Å². The molecule has 0 aliphatic carbocycles. The minimum Gasteiger partial charge on any atom is -0.368 e. The highest BCUT2D eigenvalue weighted by Crippen LogP contribution is 2.15. The molecule has 1 amide bonds. The van der Waals surface area contributed by atoms with Gasteiger partial charge in [-0.3, -0.25) is 9.79 Å². The van der Waals surface area contributed by atoms with Gasteiger partial charge in [0.2, 0.25) is 5.91 Å². The maximum absolute atomic E-state index is 12.6. The van der Waals surface area contributed by atoms with Crippen LogP contribution >= 0.6 is 0 Å². The second-order valence-corrected chi connectivity index (χ2v) is 7.27. The molecule has 154 valence electrons. The Kier molecular flexibility index (Phi) is 7.50. The molecule has 2 aromatic carbocycles. The van der Waals surface area contributed by atoms with Gasteiger partial charge in [0.05, 0.1) is 0 Å². The third-order valence-corrected chi connectivity index (χ3v) is 5.21. The van der Waals surface area contributed by atoms with E-state index in [0.29, 0.717) is 13.0 Å². The van der Waals surface area contributed by atoms with Gasteiger partial charge in [0.25, 0.3) is 0 Å². The molecule has 0 bridgehead atoms. The van der Waals surface area contributed by atoms with Crippen molar-refractivity contribution in [1.82, 2.24) is 15.1 Å². The number of nitrogens with zero attached hydrogens (tertiary/aromatic N) is 4. The summed E-state index contributed by atoms with van der Waals surface area (Å²) in [6.07, 6.45) is 0.476. The summed E-state index contributed by atoms with van der Waals surface area (Å²) in [6.45, 7) is 4.67. The lowest BCUT2D eigenvalue weighted by Crippen LogP contribution is -2.49. The van der Waals surface area contributed by atoms with Crippen LogP contribution in [0.25, 0.3) is 0 Å². The van der Waals surface area contributed by atoms with Crippen molar-refractivity contribution in [3.05, 3.63) is 66.2 Å². The molecule has 0 unspecified atom stereocenters. The summed E-state index contributed by atoms with van der Waals surface area (Å²) in [5, 5.41) is 3.31. The number of nitrogens with one attached hydrogen (secondary N) is 1. The predicted molar refractivity (Wildman–Crippen MR) is 119 cm³/mol. The molecule has 1 aliphatic rings. The first-order chi connectivity index (χ1) is 14.2. The zero-order valence-electron chi connectivity index (χ0n) is 17.4. The molecule has 1 heterocycles. The van der Waals surface area contributed by atoms with E-state index in [4.69, 9.17) is 0 Å². The smallest absolute Gasteiger partial charge is 0.224 e. The fourth-order valence-corrected chi connectivity index (χ4v) is 3.61. The van der Waals surface area contributed by atoms with Crippen LogP contribution in [0.5, 0.6) is 0 Å². The summed E-state index contributed by atoms with van der Waals surface area (Å²) < 4.78 is 0. The van der Waals surface area contributed by atoms with E-state index in [9.17, 15) is 4.79 Å². The zero-order valence-corrected chi connectivity index (χ0v) is 17.4. The molecule has 1 N–H and O–H groups in total. The van der Waals surface area contributed by atoms with Gasteiger partial charge >= 0.3 is 0 Å². The standard InChI is InChI=1S/C23H31N5O/c1-24-23(26(2)19-20-9-5-3-6-10-20)25-14-13-22(29)28-17-15-27(16-18-28)21-11-7-4-8-12-21/h3-12H,13-19H2,1-2H3,(H,24,25). The van der Waals surface area contributed by atoms with Gasteiger partial charge < -0.3 is 20.0 Å². The number of anilines is 1. The minimum absolute atomic E-state index is 0.200. The fraction of sp³-hybridized carbons (Fsp3) is 0.391. The summed E-state index contributed by atoms with van der Waals surface area (Å²) in [5.74, 6) is 1.00.